The lowest BCUT2D eigenvalue weighted by Crippen LogP contribution is -2.24. The summed E-state index contributed by atoms with van der Waals surface area (Å²) in [5.41, 5.74) is 3.55. The summed E-state index contributed by atoms with van der Waals surface area (Å²) in [5, 5.41) is 8.80. The molecule has 7 heteroatoms. The number of thioether (sulfide) groups is 1. The molecule has 1 heterocycles. The van der Waals surface area contributed by atoms with E-state index in [1.165, 1.54) is 0 Å². The van der Waals surface area contributed by atoms with Gasteiger partial charge in [-0.25, -0.2) is 4.79 Å². The summed E-state index contributed by atoms with van der Waals surface area (Å²) in [6.45, 7) is 1.89. The number of carbonyl (C=O) groups is 2. The summed E-state index contributed by atoms with van der Waals surface area (Å²) in [4.78, 5) is 28.7. The second-order valence-corrected chi connectivity index (χ2v) is 8.44. The maximum atomic E-state index is 12.8. The fourth-order valence-corrected chi connectivity index (χ4v) is 4.19. The van der Waals surface area contributed by atoms with Crippen LogP contribution < -0.4 is 20.9 Å². The van der Waals surface area contributed by atoms with Gasteiger partial charge in [0.2, 0.25) is 0 Å². The van der Waals surface area contributed by atoms with Gasteiger partial charge in [0.15, 0.2) is 0 Å². The second-order valence-electron chi connectivity index (χ2n) is 7.56. The molecule has 32 heavy (non-hydrogen) atoms. The Hall–Kier alpha value is -3.45. The number of anilines is 4. The zero-order valence-corrected chi connectivity index (χ0v) is 18.7. The van der Waals surface area contributed by atoms with Crippen LogP contribution in [0.5, 0.6) is 0 Å². The van der Waals surface area contributed by atoms with Crippen molar-refractivity contribution in [1.29, 1.82) is 0 Å². The van der Waals surface area contributed by atoms with Crippen molar-refractivity contribution in [2.24, 2.45) is 0 Å². The number of nitrogens with zero attached hydrogens (tertiary/aromatic N) is 1. The van der Waals surface area contributed by atoms with Crippen LogP contribution in [0.3, 0.4) is 0 Å². The van der Waals surface area contributed by atoms with Crippen molar-refractivity contribution in [3.8, 4) is 0 Å². The molecule has 0 saturated carbocycles. The fourth-order valence-electron chi connectivity index (χ4n) is 3.73. The average Bonchev–Trinajstić information content (AvgIpc) is 3.34. The van der Waals surface area contributed by atoms with Gasteiger partial charge in [0.1, 0.15) is 0 Å². The molecule has 0 aromatic heterocycles. The van der Waals surface area contributed by atoms with Crippen molar-refractivity contribution in [2.45, 2.75) is 17.7 Å². The molecule has 1 saturated heterocycles. The Labute approximate surface area is 192 Å². The molecule has 0 unspecified atom stereocenters. The summed E-state index contributed by atoms with van der Waals surface area (Å²) in [5.74, 6) is -0.191. The quantitative estimate of drug-likeness (QED) is 0.412. The molecular formula is C25H26N4O2S. The largest absolute Gasteiger partial charge is 0.370 e. The Bertz CT molecular complexity index is 1100. The van der Waals surface area contributed by atoms with Crippen LogP contribution in [0.2, 0.25) is 0 Å². The molecule has 0 spiro atoms. The van der Waals surface area contributed by atoms with Gasteiger partial charge in [-0.05, 0) is 67.6 Å². The van der Waals surface area contributed by atoms with Crippen LogP contribution in [-0.2, 0) is 0 Å². The Morgan fingerprint density at radius 2 is 1.56 bits per heavy atom. The number of carbonyl (C=O) groups excluding carboxylic acids is 2. The molecule has 164 valence electrons. The van der Waals surface area contributed by atoms with Gasteiger partial charge in [-0.15, -0.1) is 11.8 Å². The maximum absolute atomic E-state index is 12.8. The van der Waals surface area contributed by atoms with Crippen LogP contribution in [0.15, 0.2) is 77.7 Å². The highest BCUT2D eigenvalue weighted by atomic mass is 32.2. The van der Waals surface area contributed by atoms with E-state index in [2.05, 4.69) is 20.9 Å². The zero-order chi connectivity index (χ0) is 22.3. The minimum Gasteiger partial charge on any atom is -0.370 e. The minimum absolute atomic E-state index is 0.191. The number of rotatable bonds is 6. The van der Waals surface area contributed by atoms with Crippen LogP contribution in [0.1, 0.15) is 23.2 Å². The van der Waals surface area contributed by atoms with E-state index in [-0.39, 0.29) is 11.9 Å². The summed E-state index contributed by atoms with van der Waals surface area (Å²) in [6.07, 6.45) is 4.25. The predicted octanol–water partition coefficient (Wildman–Crippen LogP) is 5.91. The van der Waals surface area contributed by atoms with Crippen molar-refractivity contribution >= 4 is 46.4 Å². The van der Waals surface area contributed by atoms with Crippen LogP contribution >= 0.6 is 11.8 Å². The molecule has 4 rings (SSSR count). The van der Waals surface area contributed by atoms with Crippen LogP contribution in [0.4, 0.5) is 27.5 Å². The van der Waals surface area contributed by atoms with Crippen molar-refractivity contribution in [3.05, 3.63) is 78.4 Å². The van der Waals surface area contributed by atoms with E-state index in [1.807, 2.05) is 66.9 Å². The molecule has 1 aliphatic heterocycles. The monoisotopic (exact) mass is 446 g/mol. The number of nitrogens with one attached hydrogen (secondary N) is 3. The molecule has 3 aromatic rings. The van der Waals surface area contributed by atoms with Crippen LogP contribution in [0.25, 0.3) is 0 Å². The standard InChI is InChI=1S/C25H26N4O2S/c1-32-21-11-7-10-19(16-21)27-25(31)28-22-17-20(12-13-23(22)29-14-5-6-15-29)26-24(30)18-8-3-2-4-9-18/h2-4,7-13,16-17H,5-6,14-15H2,1H3,(H,26,30)(H2,27,28,31). The van der Waals surface area contributed by atoms with E-state index < -0.39 is 0 Å². The van der Waals surface area contributed by atoms with E-state index in [0.29, 0.717) is 16.9 Å². The molecule has 6 nitrogen and oxygen atoms in total. The zero-order valence-electron chi connectivity index (χ0n) is 17.9. The minimum atomic E-state index is -0.324. The molecule has 0 bridgehead atoms. The number of benzene rings is 3. The first-order chi connectivity index (χ1) is 15.6. The van der Waals surface area contributed by atoms with Crippen LogP contribution in [0, 0.1) is 0 Å². The lowest BCUT2D eigenvalue weighted by atomic mass is 10.2. The summed E-state index contributed by atoms with van der Waals surface area (Å²) < 4.78 is 0. The third-order valence-electron chi connectivity index (χ3n) is 5.31. The number of hydrogen-bond acceptors (Lipinski definition) is 4. The summed E-state index contributed by atoms with van der Waals surface area (Å²) in [6, 6.07) is 22.1. The highest BCUT2D eigenvalue weighted by Crippen LogP contribution is 2.32. The first kappa shape index (κ1) is 21.8. The van der Waals surface area contributed by atoms with E-state index in [1.54, 1.807) is 23.9 Å². The van der Waals surface area contributed by atoms with Gasteiger partial charge in [-0.1, -0.05) is 24.3 Å². The Morgan fingerprint density at radius 1 is 0.812 bits per heavy atom. The molecule has 3 amide bonds. The first-order valence-corrected chi connectivity index (χ1v) is 11.8. The molecule has 0 aliphatic carbocycles. The third kappa shape index (κ3) is 5.42. The van der Waals surface area contributed by atoms with Gasteiger partial charge in [0, 0.05) is 34.9 Å². The topological polar surface area (TPSA) is 73.5 Å². The Kier molecular flexibility index (Phi) is 6.97. The smallest absolute Gasteiger partial charge is 0.323 e. The van der Waals surface area contributed by atoms with E-state index in [9.17, 15) is 9.59 Å². The average molecular weight is 447 g/mol. The van der Waals surface area contributed by atoms with Gasteiger partial charge >= 0.3 is 6.03 Å². The third-order valence-corrected chi connectivity index (χ3v) is 6.04. The van der Waals surface area contributed by atoms with Crippen molar-refractivity contribution in [2.75, 3.05) is 40.2 Å². The highest BCUT2D eigenvalue weighted by Gasteiger charge is 2.18. The second kappa shape index (κ2) is 10.2. The van der Waals surface area contributed by atoms with Gasteiger partial charge in [-0.3, -0.25) is 4.79 Å². The summed E-state index contributed by atoms with van der Waals surface area (Å²) in [7, 11) is 0. The maximum Gasteiger partial charge on any atom is 0.323 e. The highest BCUT2D eigenvalue weighted by molar-refractivity contribution is 7.98. The molecule has 0 atom stereocenters. The van der Waals surface area contributed by atoms with Crippen molar-refractivity contribution in [3.63, 3.8) is 0 Å². The van der Waals surface area contributed by atoms with Crippen molar-refractivity contribution in [1.82, 2.24) is 0 Å². The fraction of sp³-hybridized carbons (Fsp3) is 0.200. The van der Waals surface area contributed by atoms with Gasteiger partial charge in [-0.2, -0.15) is 0 Å². The Balaban J connectivity index is 1.54. The number of hydrogen-bond donors (Lipinski definition) is 3. The normalized spacial score (nSPS) is 13.0. The van der Waals surface area contributed by atoms with E-state index in [0.717, 1.165) is 42.2 Å². The van der Waals surface area contributed by atoms with E-state index >= 15 is 0 Å². The van der Waals surface area contributed by atoms with Gasteiger partial charge in [0.05, 0.1) is 11.4 Å². The molecular weight excluding hydrogens is 420 g/mol. The van der Waals surface area contributed by atoms with Gasteiger partial charge < -0.3 is 20.9 Å². The number of amides is 3. The first-order valence-electron chi connectivity index (χ1n) is 10.6. The lowest BCUT2D eigenvalue weighted by Gasteiger charge is -2.22. The SMILES string of the molecule is CSc1cccc(NC(=O)Nc2cc(NC(=O)c3ccccc3)ccc2N2CCCC2)c1. The molecule has 3 aromatic carbocycles. The number of urea groups is 1. The van der Waals surface area contributed by atoms with Crippen molar-refractivity contribution < 1.29 is 9.59 Å². The Morgan fingerprint density at radius 3 is 2.31 bits per heavy atom. The van der Waals surface area contributed by atoms with Crippen LogP contribution in [-0.4, -0.2) is 31.3 Å². The molecule has 1 fully saturated rings. The van der Waals surface area contributed by atoms with Gasteiger partial charge in [0.25, 0.3) is 5.91 Å². The molecule has 0 radical (unpaired) electrons. The predicted molar refractivity (Wildman–Crippen MR) is 133 cm³/mol. The molecule has 1 aliphatic rings. The molecule has 3 N–H and O–H groups in total. The lowest BCUT2D eigenvalue weighted by molar-refractivity contribution is 0.102. The van der Waals surface area contributed by atoms with E-state index in [4.69, 9.17) is 0 Å². The summed E-state index contributed by atoms with van der Waals surface area (Å²) >= 11 is 1.62.